The third-order valence-corrected chi connectivity index (χ3v) is 4.97. The molecule has 1 aromatic carbocycles. The summed E-state index contributed by atoms with van der Waals surface area (Å²) in [5.41, 5.74) is 6.52. The Morgan fingerprint density at radius 2 is 2.00 bits per heavy atom. The molecule has 0 radical (unpaired) electrons. The number of hydrogen-bond acceptors (Lipinski definition) is 6. The highest BCUT2D eigenvalue weighted by Crippen LogP contribution is 2.29. The molecule has 1 fully saturated rings. The summed E-state index contributed by atoms with van der Waals surface area (Å²) in [4.78, 5) is 1.11. The highest BCUT2D eigenvalue weighted by Gasteiger charge is 2.22. The molecule has 0 bridgehead atoms. The van der Waals surface area contributed by atoms with Crippen LogP contribution in [-0.2, 0) is 11.3 Å². The van der Waals surface area contributed by atoms with E-state index in [1.807, 2.05) is 36.4 Å². The van der Waals surface area contributed by atoms with Crippen LogP contribution in [0.1, 0.15) is 12.2 Å². The quantitative estimate of drug-likeness (QED) is 0.666. The lowest BCUT2D eigenvalue weighted by molar-refractivity contribution is 0.171. The zero-order valence-corrected chi connectivity index (χ0v) is 15.1. The smallest absolute Gasteiger partial charge is 0.165 e. The minimum Gasteiger partial charge on any atom is -0.453 e. The number of rotatable bonds is 8. The summed E-state index contributed by atoms with van der Waals surface area (Å²) >= 11 is 7.49. The van der Waals surface area contributed by atoms with Gasteiger partial charge in [0.15, 0.2) is 5.09 Å². The standard InChI is InChI=1S/C17H22ClN3O2S/c1-22-11-14-8-13(20-21-14)9-19-10-15-4-7-17(23-15)24-16-5-2-12(18)3-6-16/h2-7,13-14,19-21H,8-11H2,1H3. The summed E-state index contributed by atoms with van der Waals surface area (Å²) in [5, 5.41) is 5.05. The number of halogens is 1. The van der Waals surface area contributed by atoms with Crippen LogP contribution in [0.3, 0.4) is 0 Å². The van der Waals surface area contributed by atoms with Crippen molar-refractivity contribution in [2.75, 3.05) is 20.3 Å². The Morgan fingerprint density at radius 3 is 2.79 bits per heavy atom. The molecule has 0 spiro atoms. The Labute approximate surface area is 151 Å². The van der Waals surface area contributed by atoms with E-state index in [-0.39, 0.29) is 0 Å². The van der Waals surface area contributed by atoms with E-state index in [0.29, 0.717) is 18.6 Å². The summed E-state index contributed by atoms with van der Waals surface area (Å²) in [7, 11) is 1.73. The maximum Gasteiger partial charge on any atom is 0.165 e. The van der Waals surface area contributed by atoms with E-state index in [9.17, 15) is 0 Å². The van der Waals surface area contributed by atoms with Crippen LogP contribution in [0.4, 0.5) is 0 Å². The molecule has 3 rings (SSSR count). The van der Waals surface area contributed by atoms with E-state index in [0.717, 1.165) is 40.3 Å². The van der Waals surface area contributed by atoms with Crippen molar-refractivity contribution in [2.24, 2.45) is 0 Å². The average Bonchev–Trinajstić information content (AvgIpc) is 3.20. The molecule has 130 valence electrons. The number of benzene rings is 1. The zero-order chi connectivity index (χ0) is 16.8. The molecule has 0 aliphatic carbocycles. The second-order valence-electron chi connectivity index (χ2n) is 5.78. The van der Waals surface area contributed by atoms with Gasteiger partial charge in [-0.2, -0.15) is 0 Å². The Hall–Kier alpha value is -1.02. The predicted molar refractivity (Wildman–Crippen MR) is 96.3 cm³/mol. The molecule has 0 amide bonds. The topological polar surface area (TPSA) is 58.5 Å². The molecule has 1 aromatic heterocycles. The molecule has 1 aliphatic rings. The van der Waals surface area contributed by atoms with E-state index in [2.05, 4.69) is 16.2 Å². The van der Waals surface area contributed by atoms with E-state index in [4.69, 9.17) is 20.8 Å². The summed E-state index contributed by atoms with van der Waals surface area (Å²) < 4.78 is 11.0. The number of hydrazine groups is 1. The third kappa shape index (κ3) is 5.24. The first-order valence-corrected chi connectivity index (χ1v) is 9.15. The first-order valence-electron chi connectivity index (χ1n) is 7.96. The van der Waals surface area contributed by atoms with Gasteiger partial charge in [0, 0.05) is 35.7 Å². The number of hydrogen-bond donors (Lipinski definition) is 3. The lowest BCUT2D eigenvalue weighted by Crippen LogP contribution is -2.39. The van der Waals surface area contributed by atoms with Gasteiger partial charge >= 0.3 is 0 Å². The highest BCUT2D eigenvalue weighted by molar-refractivity contribution is 7.99. The molecule has 5 nitrogen and oxygen atoms in total. The molecule has 24 heavy (non-hydrogen) atoms. The van der Waals surface area contributed by atoms with Crippen LogP contribution in [0.2, 0.25) is 5.02 Å². The van der Waals surface area contributed by atoms with E-state index >= 15 is 0 Å². The van der Waals surface area contributed by atoms with Gasteiger partial charge in [-0.15, -0.1) is 0 Å². The van der Waals surface area contributed by atoms with Gasteiger partial charge in [-0.3, -0.25) is 10.9 Å². The first kappa shape index (κ1) is 17.8. The van der Waals surface area contributed by atoms with Gasteiger partial charge in [0.2, 0.25) is 0 Å². The van der Waals surface area contributed by atoms with Gasteiger partial charge in [-0.05, 0) is 42.8 Å². The Bertz CT molecular complexity index is 635. The zero-order valence-electron chi connectivity index (χ0n) is 13.5. The molecule has 3 N–H and O–H groups in total. The summed E-state index contributed by atoms with van der Waals surface area (Å²) in [6, 6.07) is 12.5. The third-order valence-electron chi connectivity index (χ3n) is 3.79. The SMILES string of the molecule is COCC1CC(CNCc2ccc(Sc3ccc(Cl)cc3)o2)NN1. The van der Waals surface area contributed by atoms with Crippen LogP contribution in [-0.4, -0.2) is 32.3 Å². The van der Waals surface area contributed by atoms with Crippen LogP contribution in [0.25, 0.3) is 0 Å². The fraction of sp³-hybridized carbons (Fsp3) is 0.412. The van der Waals surface area contributed by atoms with Crippen LogP contribution in [0.5, 0.6) is 0 Å². The van der Waals surface area contributed by atoms with E-state index < -0.39 is 0 Å². The number of methoxy groups -OCH3 is 1. The van der Waals surface area contributed by atoms with E-state index in [1.54, 1.807) is 18.9 Å². The molecule has 1 aliphatic heterocycles. The Kier molecular flexibility index (Phi) is 6.59. The summed E-state index contributed by atoms with van der Waals surface area (Å²) in [6.45, 7) is 2.33. The fourth-order valence-electron chi connectivity index (χ4n) is 2.64. The monoisotopic (exact) mass is 367 g/mol. The molecule has 2 unspecified atom stereocenters. The van der Waals surface area contributed by atoms with Gasteiger partial charge in [-0.1, -0.05) is 23.4 Å². The van der Waals surface area contributed by atoms with Crippen molar-refractivity contribution in [1.82, 2.24) is 16.2 Å². The van der Waals surface area contributed by atoms with Crippen molar-refractivity contribution < 1.29 is 9.15 Å². The predicted octanol–water partition coefficient (Wildman–Crippen LogP) is 3.06. The Morgan fingerprint density at radius 1 is 1.21 bits per heavy atom. The summed E-state index contributed by atoms with van der Waals surface area (Å²) in [6.07, 6.45) is 1.05. The largest absolute Gasteiger partial charge is 0.453 e. The molecule has 0 saturated carbocycles. The van der Waals surface area contributed by atoms with Gasteiger partial charge in [0.25, 0.3) is 0 Å². The van der Waals surface area contributed by atoms with Crippen molar-refractivity contribution in [1.29, 1.82) is 0 Å². The molecule has 1 saturated heterocycles. The lowest BCUT2D eigenvalue weighted by Gasteiger charge is -2.09. The second-order valence-corrected chi connectivity index (χ2v) is 7.30. The molecular weight excluding hydrogens is 346 g/mol. The van der Waals surface area contributed by atoms with Gasteiger partial charge < -0.3 is 14.5 Å². The molecule has 2 aromatic rings. The average molecular weight is 368 g/mol. The van der Waals surface area contributed by atoms with Crippen LogP contribution < -0.4 is 16.2 Å². The van der Waals surface area contributed by atoms with Crippen LogP contribution >= 0.6 is 23.4 Å². The van der Waals surface area contributed by atoms with E-state index in [1.165, 1.54) is 0 Å². The van der Waals surface area contributed by atoms with Crippen molar-refractivity contribution in [3.05, 3.63) is 47.2 Å². The highest BCUT2D eigenvalue weighted by atomic mass is 35.5. The number of nitrogens with one attached hydrogen (secondary N) is 3. The summed E-state index contributed by atoms with van der Waals surface area (Å²) in [5.74, 6) is 0.936. The maximum atomic E-state index is 5.90. The number of furan rings is 1. The molecule has 2 heterocycles. The number of ether oxygens (including phenoxy) is 1. The van der Waals surface area contributed by atoms with Crippen LogP contribution in [0.15, 0.2) is 50.8 Å². The van der Waals surface area contributed by atoms with Crippen molar-refractivity contribution in [3.8, 4) is 0 Å². The van der Waals surface area contributed by atoms with Crippen molar-refractivity contribution in [3.63, 3.8) is 0 Å². The maximum absolute atomic E-state index is 5.90. The van der Waals surface area contributed by atoms with Gasteiger partial charge in [0.1, 0.15) is 5.76 Å². The second kappa shape index (κ2) is 8.89. The van der Waals surface area contributed by atoms with Crippen molar-refractivity contribution in [2.45, 2.75) is 35.0 Å². The van der Waals surface area contributed by atoms with Crippen LogP contribution in [0, 0.1) is 0 Å². The van der Waals surface area contributed by atoms with Crippen molar-refractivity contribution >= 4 is 23.4 Å². The van der Waals surface area contributed by atoms with Gasteiger partial charge in [0.05, 0.1) is 13.2 Å². The minimum atomic E-state index is 0.382. The molecular formula is C17H22ClN3O2S. The Balaban J connectivity index is 1.41. The minimum absolute atomic E-state index is 0.382. The molecule has 2 atom stereocenters. The van der Waals surface area contributed by atoms with Gasteiger partial charge in [-0.25, -0.2) is 0 Å². The first-order chi connectivity index (χ1) is 11.7. The lowest BCUT2D eigenvalue weighted by atomic mass is 10.1. The molecule has 7 heteroatoms. The fourth-order valence-corrected chi connectivity index (χ4v) is 3.55. The normalized spacial score (nSPS) is 20.6.